The normalized spacial score (nSPS) is 13.5. The second-order valence-electron chi connectivity index (χ2n) is 8.88. The van der Waals surface area contributed by atoms with Gasteiger partial charge in [0.25, 0.3) is 0 Å². The van der Waals surface area contributed by atoms with Crippen molar-refractivity contribution in [1.29, 1.82) is 0 Å². The van der Waals surface area contributed by atoms with Crippen molar-refractivity contribution in [2.24, 2.45) is 0 Å². The number of aliphatic hydroxyl groups is 1. The van der Waals surface area contributed by atoms with E-state index >= 15 is 0 Å². The maximum absolute atomic E-state index is 12.5. The van der Waals surface area contributed by atoms with E-state index in [0.29, 0.717) is 17.9 Å². The minimum atomic E-state index is -1.23. The molecule has 5 heteroatoms. The first kappa shape index (κ1) is 23.7. The van der Waals surface area contributed by atoms with Gasteiger partial charge in [0.15, 0.2) is 0 Å². The Balaban J connectivity index is 1.85. The van der Waals surface area contributed by atoms with Crippen LogP contribution in [0.3, 0.4) is 0 Å². The molecule has 0 radical (unpaired) electrons. The van der Waals surface area contributed by atoms with Crippen molar-refractivity contribution in [3.05, 3.63) is 82.3 Å². The van der Waals surface area contributed by atoms with Gasteiger partial charge in [0.1, 0.15) is 5.60 Å². The summed E-state index contributed by atoms with van der Waals surface area (Å²) in [5.74, 6) is 0.466. The topological polar surface area (TPSA) is 45.6 Å². The molecule has 4 nitrogen and oxygen atoms in total. The number of benzene rings is 3. The summed E-state index contributed by atoms with van der Waals surface area (Å²) in [5, 5.41) is 15.6. The van der Waals surface area contributed by atoms with E-state index in [9.17, 15) is 5.11 Å². The van der Waals surface area contributed by atoms with E-state index in [1.54, 1.807) is 7.11 Å². The number of hydrogen-bond donors (Lipinski definition) is 1. The van der Waals surface area contributed by atoms with Crippen LogP contribution in [0.4, 0.5) is 0 Å². The summed E-state index contributed by atoms with van der Waals surface area (Å²) in [6.45, 7) is 1.04. The van der Waals surface area contributed by atoms with Crippen LogP contribution in [0.1, 0.15) is 36.8 Å². The first-order chi connectivity index (χ1) is 15.9. The van der Waals surface area contributed by atoms with Gasteiger partial charge < -0.3 is 14.7 Å². The van der Waals surface area contributed by atoms with Crippen LogP contribution < -0.4 is 4.74 Å². The predicted molar refractivity (Wildman–Crippen MR) is 140 cm³/mol. The second-order valence-corrected chi connectivity index (χ2v) is 9.80. The van der Waals surface area contributed by atoms with Gasteiger partial charge in [-0.3, -0.25) is 0 Å². The molecule has 172 valence electrons. The third-order valence-electron chi connectivity index (χ3n) is 6.26. The highest BCUT2D eigenvalue weighted by atomic mass is 79.9. The molecular weight excluding hydrogens is 476 g/mol. The van der Waals surface area contributed by atoms with Gasteiger partial charge >= 0.3 is 0 Å². The molecule has 1 aromatic heterocycles. The molecule has 4 aromatic rings. The average molecular weight is 507 g/mol. The number of aromatic nitrogens is 1. The fraction of sp³-hybridized carbons (Fsp3) is 0.321. The van der Waals surface area contributed by atoms with Crippen LogP contribution in [0, 0.1) is 0 Å². The number of fused-ring (bicyclic) bond motifs is 2. The van der Waals surface area contributed by atoms with Crippen molar-refractivity contribution >= 4 is 37.6 Å². The minimum Gasteiger partial charge on any atom is -0.481 e. The van der Waals surface area contributed by atoms with Crippen molar-refractivity contribution in [3.63, 3.8) is 0 Å². The Bertz CT molecular complexity index is 1250. The van der Waals surface area contributed by atoms with Crippen molar-refractivity contribution in [2.45, 2.75) is 31.3 Å². The van der Waals surface area contributed by atoms with Gasteiger partial charge in [0.05, 0.1) is 18.2 Å². The van der Waals surface area contributed by atoms with Gasteiger partial charge in [-0.15, -0.1) is 0 Å². The Kier molecular flexibility index (Phi) is 7.32. The molecule has 0 spiro atoms. The maximum Gasteiger partial charge on any atom is 0.220 e. The highest BCUT2D eigenvalue weighted by Gasteiger charge is 2.36. The van der Waals surface area contributed by atoms with E-state index in [-0.39, 0.29) is 0 Å². The summed E-state index contributed by atoms with van der Waals surface area (Å²) in [4.78, 5) is 6.96. The molecule has 33 heavy (non-hydrogen) atoms. The summed E-state index contributed by atoms with van der Waals surface area (Å²) in [6.07, 6.45) is 3.62. The Hall–Kier alpha value is -2.47. The maximum atomic E-state index is 12.5. The average Bonchev–Trinajstić information content (AvgIpc) is 2.82. The molecular formula is C28H31BrN2O2. The third kappa shape index (κ3) is 5.06. The lowest BCUT2D eigenvalue weighted by Gasteiger charge is -2.32. The summed E-state index contributed by atoms with van der Waals surface area (Å²) >= 11 is 3.57. The van der Waals surface area contributed by atoms with Crippen LogP contribution in [0.15, 0.2) is 71.2 Å². The smallest absolute Gasteiger partial charge is 0.220 e. The molecule has 0 bridgehead atoms. The van der Waals surface area contributed by atoms with E-state index in [2.05, 4.69) is 53.1 Å². The molecule has 3 aromatic carbocycles. The largest absolute Gasteiger partial charge is 0.481 e. The Morgan fingerprint density at radius 1 is 0.909 bits per heavy atom. The van der Waals surface area contributed by atoms with Gasteiger partial charge in [-0.2, -0.15) is 0 Å². The number of ether oxygens (including phenoxy) is 1. The standard InChI is InChI=1S/C28H31BrN2O2/c1-31(2)17-8-4-7-16-28(32,24-13-9-11-20-10-5-6-12-23(20)24)25-19-21-18-22(29)14-15-26(21)30-27(25)33-3/h5-6,9-15,18-19,32H,4,7-8,16-17H2,1-3H3. The zero-order valence-electron chi connectivity index (χ0n) is 19.5. The molecule has 0 aliphatic rings. The molecule has 1 atom stereocenters. The molecule has 0 fully saturated rings. The molecule has 4 rings (SSSR count). The van der Waals surface area contributed by atoms with Crippen molar-refractivity contribution in [1.82, 2.24) is 9.88 Å². The van der Waals surface area contributed by atoms with Crippen LogP contribution >= 0.6 is 15.9 Å². The number of hydrogen-bond acceptors (Lipinski definition) is 4. The lowest BCUT2D eigenvalue weighted by atomic mass is 9.79. The van der Waals surface area contributed by atoms with Crippen molar-refractivity contribution in [3.8, 4) is 5.88 Å². The number of rotatable bonds is 9. The number of nitrogens with zero attached hydrogens (tertiary/aromatic N) is 2. The van der Waals surface area contributed by atoms with Gasteiger partial charge in [0, 0.05) is 9.86 Å². The Morgan fingerprint density at radius 2 is 1.70 bits per heavy atom. The van der Waals surface area contributed by atoms with Crippen LogP contribution in [-0.2, 0) is 5.60 Å². The van der Waals surface area contributed by atoms with E-state index in [1.165, 1.54) is 0 Å². The van der Waals surface area contributed by atoms with E-state index < -0.39 is 5.60 Å². The monoisotopic (exact) mass is 506 g/mol. The number of pyridine rings is 1. The zero-order valence-corrected chi connectivity index (χ0v) is 21.1. The van der Waals surface area contributed by atoms with Crippen LogP contribution in [-0.4, -0.2) is 42.7 Å². The van der Waals surface area contributed by atoms with E-state index in [4.69, 9.17) is 9.72 Å². The fourth-order valence-electron chi connectivity index (χ4n) is 4.57. The van der Waals surface area contributed by atoms with Gasteiger partial charge in [-0.05, 0) is 80.5 Å². The summed E-state index contributed by atoms with van der Waals surface area (Å²) in [6, 6.07) is 22.4. The first-order valence-electron chi connectivity index (χ1n) is 11.4. The lowest BCUT2D eigenvalue weighted by molar-refractivity contribution is 0.0660. The number of unbranched alkanes of at least 4 members (excludes halogenated alkanes) is 2. The molecule has 0 aliphatic heterocycles. The van der Waals surface area contributed by atoms with E-state index in [1.807, 2.05) is 48.5 Å². The summed E-state index contributed by atoms with van der Waals surface area (Å²) in [7, 11) is 5.81. The highest BCUT2D eigenvalue weighted by molar-refractivity contribution is 9.10. The van der Waals surface area contributed by atoms with Crippen molar-refractivity contribution in [2.75, 3.05) is 27.7 Å². The Labute approximate surface area is 204 Å². The SMILES string of the molecule is COc1nc2ccc(Br)cc2cc1C(O)(CCCCCN(C)C)c1cccc2ccccc12. The molecule has 1 unspecified atom stereocenters. The van der Waals surface area contributed by atoms with Crippen LogP contribution in [0.5, 0.6) is 5.88 Å². The molecule has 0 amide bonds. The summed E-state index contributed by atoms with van der Waals surface area (Å²) in [5.41, 5.74) is 1.21. The Morgan fingerprint density at radius 3 is 2.48 bits per heavy atom. The quantitative estimate of drug-likeness (QED) is 0.262. The fourth-order valence-corrected chi connectivity index (χ4v) is 4.95. The predicted octanol–water partition coefficient (Wildman–Crippen LogP) is 6.52. The number of methoxy groups -OCH3 is 1. The zero-order chi connectivity index (χ0) is 23.4. The van der Waals surface area contributed by atoms with E-state index in [0.717, 1.165) is 57.5 Å². The van der Waals surface area contributed by atoms with Crippen LogP contribution in [0.25, 0.3) is 21.7 Å². The van der Waals surface area contributed by atoms with Gasteiger partial charge in [-0.1, -0.05) is 64.8 Å². The minimum absolute atomic E-state index is 0.466. The summed E-state index contributed by atoms with van der Waals surface area (Å²) < 4.78 is 6.71. The number of halogens is 1. The third-order valence-corrected chi connectivity index (χ3v) is 6.75. The van der Waals surface area contributed by atoms with Gasteiger partial charge in [0.2, 0.25) is 5.88 Å². The van der Waals surface area contributed by atoms with Gasteiger partial charge in [-0.25, -0.2) is 4.98 Å². The molecule has 0 aliphatic carbocycles. The molecule has 1 heterocycles. The lowest BCUT2D eigenvalue weighted by Crippen LogP contribution is -2.29. The molecule has 0 saturated heterocycles. The van der Waals surface area contributed by atoms with Crippen molar-refractivity contribution < 1.29 is 9.84 Å². The highest BCUT2D eigenvalue weighted by Crippen LogP contribution is 2.43. The second kappa shape index (κ2) is 10.2. The molecule has 0 saturated carbocycles. The first-order valence-corrected chi connectivity index (χ1v) is 12.2. The molecule has 1 N–H and O–H groups in total. The van der Waals surface area contributed by atoms with Crippen LogP contribution in [0.2, 0.25) is 0 Å².